The van der Waals surface area contributed by atoms with Crippen molar-refractivity contribution in [3.8, 4) is 5.75 Å². The molecule has 0 saturated heterocycles. The van der Waals surface area contributed by atoms with Gasteiger partial charge in [-0.05, 0) is 36.3 Å². The second-order valence-electron chi connectivity index (χ2n) is 7.39. The number of ketones is 1. The number of carbonyl (C=O) groups excluding carboxylic acids is 2. The molecular formula is C24H23Cl2N3O5S. The van der Waals surface area contributed by atoms with E-state index in [2.05, 4.69) is 21.6 Å². The van der Waals surface area contributed by atoms with Gasteiger partial charge in [0.25, 0.3) is 5.91 Å². The van der Waals surface area contributed by atoms with Gasteiger partial charge in [0.2, 0.25) is 10.0 Å². The Morgan fingerprint density at radius 2 is 1.80 bits per heavy atom. The Balaban J connectivity index is 1.52. The number of allylic oxidation sites excluding steroid dienone is 1. The fraction of sp³-hybridized carbons (Fsp3) is 0.208. The Kier molecular flexibility index (Phi) is 8.85. The largest absolute Gasteiger partial charge is 0.482 e. The van der Waals surface area contributed by atoms with E-state index < -0.39 is 15.9 Å². The van der Waals surface area contributed by atoms with Crippen molar-refractivity contribution in [2.24, 2.45) is 0 Å². The van der Waals surface area contributed by atoms with Crippen LogP contribution < -0.4 is 14.8 Å². The van der Waals surface area contributed by atoms with Gasteiger partial charge in [-0.2, -0.15) is 0 Å². The van der Waals surface area contributed by atoms with Crippen molar-refractivity contribution >= 4 is 55.8 Å². The normalized spacial score (nSPS) is 11.3. The number of para-hydroxylation sites is 1. The quantitative estimate of drug-likeness (QED) is 0.216. The molecule has 0 bridgehead atoms. The van der Waals surface area contributed by atoms with Gasteiger partial charge in [0.05, 0.1) is 10.5 Å². The fourth-order valence-corrected chi connectivity index (χ4v) is 4.79. The van der Waals surface area contributed by atoms with E-state index in [0.717, 1.165) is 0 Å². The van der Waals surface area contributed by atoms with Gasteiger partial charge >= 0.3 is 0 Å². The highest BCUT2D eigenvalue weighted by atomic mass is 35.5. The number of amides is 1. The first-order valence-electron chi connectivity index (χ1n) is 10.6. The van der Waals surface area contributed by atoms with E-state index >= 15 is 0 Å². The molecule has 3 rings (SSSR count). The van der Waals surface area contributed by atoms with Crippen LogP contribution in [-0.4, -0.2) is 44.8 Å². The van der Waals surface area contributed by atoms with Crippen LogP contribution in [0.25, 0.3) is 10.9 Å². The summed E-state index contributed by atoms with van der Waals surface area (Å²) >= 11 is 12.4. The number of halogens is 2. The SMILES string of the molecule is C=C(CC)C(=O)c1ccc(OCC(=O)NCCNS(=O)(=O)c2cccc3cccnc23)c(Cl)c1Cl. The lowest BCUT2D eigenvalue weighted by Crippen LogP contribution is -2.36. The summed E-state index contributed by atoms with van der Waals surface area (Å²) in [5.74, 6) is -0.678. The highest BCUT2D eigenvalue weighted by molar-refractivity contribution is 7.89. The maximum absolute atomic E-state index is 12.7. The standard InChI is InChI=1S/C24H23Cl2N3O5S/c1-3-15(2)24(31)17-9-10-18(22(26)21(17)25)34-14-20(30)27-12-13-29-35(32,33)19-8-4-6-16-7-5-11-28-23(16)19/h4-11,29H,2-3,12-14H2,1H3,(H,27,30). The van der Waals surface area contributed by atoms with Crippen LogP contribution in [0.1, 0.15) is 23.7 Å². The molecule has 0 radical (unpaired) electrons. The van der Waals surface area contributed by atoms with E-state index in [1.54, 1.807) is 31.2 Å². The molecule has 0 saturated carbocycles. The van der Waals surface area contributed by atoms with E-state index in [4.69, 9.17) is 27.9 Å². The van der Waals surface area contributed by atoms with Crippen LogP contribution >= 0.6 is 23.2 Å². The lowest BCUT2D eigenvalue weighted by atomic mass is 10.0. The van der Waals surface area contributed by atoms with Crippen molar-refractivity contribution in [1.82, 2.24) is 15.0 Å². The zero-order valence-corrected chi connectivity index (χ0v) is 21.1. The van der Waals surface area contributed by atoms with Crippen LogP contribution in [-0.2, 0) is 14.8 Å². The molecule has 184 valence electrons. The second kappa shape index (κ2) is 11.6. The number of hydrogen-bond donors (Lipinski definition) is 2. The van der Waals surface area contributed by atoms with Crippen molar-refractivity contribution in [1.29, 1.82) is 0 Å². The summed E-state index contributed by atoms with van der Waals surface area (Å²) < 4.78 is 33.2. The minimum atomic E-state index is -3.83. The third-order valence-electron chi connectivity index (χ3n) is 5.02. The molecule has 1 aromatic heterocycles. The molecule has 0 fully saturated rings. The van der Waals surface area contributed by atoms with Crippen LogP contribution in [0.2, 0.25) is 10.0 Å². The van der Waals surface area contributed by atoms with Gasteiger partial charge in [-0.3, -0.25) is 14.6 Å². The first-order chi connectivity index (χ1) is 16.7. The molecule has 11 heteroatoms. The summed E-state index contributed by atoms with van der Waals surface area (Å²) in [5.41, 5.74) is 0.958. The van der Waals surface area contributed by atoms with Crippen molar-refractivity contribution < 1.29 is 22.7 Å². The number of fused-ring (bicyclic) bond motifs is 1. The molecule has 0 aliphatic rings. The van der Waals surface area contributed by atoms with Gasteiger partial charge in [0, 0.05) is 30.2 Å². The Morgan fingerprint density at radius 1 is 1.06 bits per heavy atom. The van der Waals surface area contributed by atoms with Gasteiger partial charge in [0.15, 0.2) is 12.4 Å². The molecule has 3 aromatic rings. The van der Waals surface area contributed by atoms with E-state index in [1.807, 2.05) is 0 Å². The molecule has 0 aliphatic carbocycles. The molecule has 0 atom stereocenters. The lowest BCUT2D eigenvalue weighted by Gasteiger charge is -2.12. The van der Waals surface area contributed by atoms with E-state index in [0.29, 0.717) is 22.9 Å². The number of rotatable bonds is 11. The number of nitrogens with zero attached hydrogens (tertiary/aromatic N) is 1. The monoisotopic (exact) mass is 535 g/mol. The van der Waals surface area contributed by atoms with Crippen LogP contribution in [0.4, 0.5) is 0 Å². The van der Waals surface area contributed by atoms with Crippen LogP contribution in [0.3, 0.4) is 0 Å². The number of nitrogens with one attached hydrogen (secondary N) is 2. The average molecular weight is 536 g/mol. The van der Waals surface area contributed by atoms with E-state index in [-0.39, 0.29) is 51.7 Å². The Hall–Kier alpha value is -2.98. The number of benzene rings is 2. The second-order valence-corrected chi connectivity index (χ2v) is 9.88. The number of sulfonamides is 1. The molecule has 2 N–H and O–H groups in total. The van der Waals surface area contributed by atoms with Crippen molar-refractivity contribution in [3.63, 3.8) is 0 Å². The summed E-state index contributed by atoms with van der Waals surface area (Å²) in [6.45, 7) is 5.11. The first-order valence-corrected chi connectivity index (χ1v) is 12.8. The maximum atomic E-state index is 12.7. The number of pyridine rings is 1. The summed E-state index contributed by atoms with van der Waals surface area (Å²) in [6, 6.07) is 11.3. The average Bonchev–Trinajstić information content (AvgIpc) is 2.86. The lowest BCUT2D eigenvalue weighted by molar-refractivity contribution is -0.123. The highest BCUT2D eigenvalue weighted by Gasteiger charge is 2.19. The number of ether oxygens (including phenoxy) is 1. The predicted molar refractivity (Wildman–Crippen MR) is 136 cm³/mol. The Bertz CT molecular complexity index is 1390. The van der Waals surface area contributed by atoms with Gasteiger partial charge in [0.1, 0.15) is 15.7 Å². The topological polar surface area (TPSA) is 114 Å². The minimum Gasteiger partial charge on any atom is -0.482 e. The number of hydrogen-bond acceptors (Lipinski definition) is 6. The summed E-state index contributed by atoms with van der Waals surface area (Å²) in [5, 5.41) is 3.27. The Morgan fingerprint density at radius 3 is 2.54 bits per heavy atom. The highest BCUT2D eigenvalue weighted by Crippen LogP contribution is 2.35. The third kappa shape index (κ3) is 6.37. The zero-order valence-electron chi connectivity index (χ0n) is 18.8. The van der Waals surface area contributed by atoms with E-state index in [9.17, 15) is 18.0 Å². The summed E-state index contributed by atoms with van der Waals surface area (Å²) in [6.07, 6.45) is 1.99. The zero-order chi connectivity index (χ0) is 25.6. The van der Waals surface area contributed by atoms with Crippen LogP contribution in [0.15, 0.2) is 65.7 Å². The van der Waals surface area contributed by atoms with Crippen molar-refractivity contribution in [3.05, 3.63) is 76.4 Å². The molecule has 35 heavy (non-hydrogen) atoms. The number of aromatic nitrogens is 1. The summed E-state index contributed by atoms with van der Waals surface area (Å²) in [7, 11) is -3.83. The van der Waals surface area contributed by atoms with Crippen LogP contribution in [0, 0.1) is 0 Å². The number of Topliss-reactive ketones (excluding diaryl/α,β-unsaturated/α-hetero) is 1. The first kappa shape index (κ1) is 26.6. The molecule has 0 unspecified atom stereocenters. The summed E-state index contributed by atoms with van der Waals surface area (Å²) in [4.78, 5) is 28.6. The smallest absolute Gasteiger partial charge is 0.257 e. The molecule has 0 spiro atoms. The molecule has 8 nitrogen and oxygen atoms in total. The molecule has 0 aliphatic heterocycles. The van der Waals surface area contributed by atoms with Gasteiger partial charge < -0.3 is 10.1 Å². The van der Waals surface area contributed by atoms with Gasteiger partial charge in [-0.15, -0.1) is 0 Å². The number of carbonyl (C=O) groups is 2. The van der Waals surface area contributed by atoms with Gasteiger partial charge in [-0.25, -0.2) is 13.1 Å². The minimum absolute atomic E-state index is 0.00526. The predicted octanol–water partition coefficient (Wildman–Crippen LogP) is 4.16. The molecular weight excluding hydrogens is 513 g/mol. The van der Waals surface area contributed by atoms with E-state index in [1.165, 1.54) is 24.4 Å². The van der Waals surface area contributed by atoms with Crippen LogP contribution in [0.5, 0.6) is 5.75 Å². The van der Waals surface area contributed by atoms with Gasteiger partial charge in [-0.1, -0.05) is 54.9 Å². The maximum Gasteiger partial charge on any atom is 0.257 e. The van der Waals surface area contributed by atoms with Crippen molar-refractivity contribution in [2.45, 2.75) is 18.2 Å². The fourth-order valence-electron chi connectivity index (χ4n) is 3.12. The molecule has 2 aromatic carbocycles. The Labute approximate surface area is 213 Å². The third-order valence-corrected chi connectivity index (χ3v) is 7.38. The molecule has 1 amide bonds. The molecule has 1 heterocycles. The van der Waals surface area contributed by atoms with Crippen molar-refractivity contribution in [2.75, 3.05) is 19.7 Å².